The van der Waals surface area contributed by atoms with Gasteiger partial charge in [-0.3, -0.25) is 9.59 Å². The molecule has 0 aromatic rings. The molecule has 3 N–H and O–H groups in total. The third-order valence-electron chi connectivity index (χ3n) is 2.45. The Kier molecular flexibility index (Phi) is 14.7. The number of hydrogen-bond donors (Lipinski definition) is 3. The van der Waals surface area contributed by atoms with E-state index >= 15 is 0 Å². The average molecular weight is 348 g/mol. The van der Waals surface area contributed by atoms with E-state index in [4.69, 9.17) is 29.5 Å². The van der Waals surface area contributed by atoms with Crippen LogP contribution < -0.4 is 0 Å². The summed E-state index contributed by atoms with van der Waals surface area (Å²) in [6.45, 7) is 2.77. The van der Waals surface area contributed by atoms with Crippen molar-refractivity contribution < 1.29 is 43.9 Å². The molecule has 0 bridgehead atoms. The maximum absolute atomic E-state index is 11.2. The molecule has 0 saturated carbocycles. The number of carbonyl (C=O) groups is 3. The van der Waals surface area contributed by atoms with Crippen molar-refractivity contribution in [3.8, 4) is 0 Å². The molecule has 0 amide bonds. The minimum absolute atomic E-state index is 0. The molecule has 0 unspecified atom stereocenters. The van der Waals surface area contributed by atoms with Crippen molar-refractivity contribution in [2.75, 3.05) is 33.0 Å². The maximum atomic E-state index is 11.2. The van der Waals surface area contributed by atoms with Crippen molar-refractivity contribution in [3.05, 3.63) is 0 Å². The van der Waals surface area contributed by atoms with Gasteiger partial charge in [-0.05, 0) is 6.92 Å². The van der Waals surface area contributed by atoms with Gasteiger partial charge in [-0.15, -0.1) is 0 Å². The normalized spacial score (nSPS) is 10.8. The monoisotopic (exact) mass is 348 g/mol. The molecule has 0 aliphatic heterocycles. The Morgan fingerprint density at radius 3 is 1.73 bits per heavy atom. The molecule has 0 aromatic carbocycles. The third-order valence-corrected chi connectivity index (χ3v) is 2.45. The van der Waals surface area contributed by atoms with E-state index in [0.717, 1.165) is 0 Å². The SMILES string of the molecule is CCOCCOCCOC(CC(=O)O)(CC(=O)O)C(=O)O.[KH]. The molecule has 0 spiro atoms. The van der Waals surface area contributed by atoms with E-state index in [2.05, 4.69) is 0 Å². The predicted octanol–water partition coefficient (Wildman–Crippen LogP) is -0.820. The van der Waals surface area contributed by atoms with E-state index in [1.165, 1.54) is 0 Å². The van der Waals surface area contributed by atoms with Crippen LogP contribution in [0.25, 0.3) is 0 Å². The van der Waals surface area contributed by atoms with Crippen LogP contribution in [0.2, 0.25) is 0 Å². The molecule has 0 rings (SSSR count). The molecule has 0 fully saturated rings. The molecule has 22 heavy (non-hydrogen) atoms. The zero-order chi connectivity index (χ0) is 16.3. The number of rotatable bonds is 13. The van der Waals surface area contributed by atoms with E-state index in [-0.39, 0.29) is 71.2 Å². The Balaban J connectivity index is 0. The third kappa shape index (κ3) is 10.6. The number of ether oxygens (including phenoxy) is 3. The first kappa shape index (κ1) is 24.2. The van der Waals surface area contributed by atoms with Crippen LogP contribution in [0, 0.1) is 0 Å². The second kappa shape index (κ2) is 13.4. The second-order valence-electron chi connectivity index (χ2n) is 4.10. The van der Waals surface area contributed by atoms with E-state index < -0.39 is 36.4 Å². The Bertz CT molecular complexity index is 343. The van der Waals surface area contributed by atoms with E-state index in [9.17, 15) is 14.4 Å². The molecule has 0 atom stereocenters. The van der Waals surface area contributed by atoms with Gasteiger partial charge >= 0.3 is 69.3 Å². The molecular weight excluding hydrogens is 327 g/mol. The molecule has 124 valence electrons. The molecule has 0 saturated heterocycles. The van der Waals surface area contributed by atoms with Crippen molar-refractivity contribution in [2.24, 2.45) is 0 Å². The first-order valence-electron chi connectivity index (χ1n) is 6.30. The predicted molar refractivity (Wildman–Crippen MR) is 75.3 cm³/mol. The van der Waals surface area contributed by atoms with Crippen molar-refractivity contribution >= 4 is 69.3 Å². The van der Waals surface area contributed by atoms with Crippen molar-refractivity contribution in [1.29, 1.82) is 0 Å². The van der Waals surface area contributed by atoms with Gasteiger partial charge < -0.3 is 29.5 Å². The summed E-state index contributed by atoms with van der Waals surface area (Å²) < 4.78 is 15.1. The van der Waals surface area contributed by atoms with Crippen LogP contribution in [-0.2, 0) is 28.6 Å². The standard InChI is InChI=1S/C12H20O9.K.H/c1-2-19-3-4-20-5-6-21-12(11(17)18,7-9(13)14)8-10(15)16;;/h2-8H2,1H3,(H,13,14)(H,15,16)(H,17,18);;. The Morgan fingerprint density at radius 1 is 0.864 bits per heavy atom. The molecule has 0 aliphatic rings. The second-order valence-corrected chi connectivity index (χ2v) is 4.10. The van der Waals surface area contributed by atoms with E-state index in [1.54, 1.807) is 0 Å². The Hall–Kier alpha value is -0.0736. The zero-order valence-electron chi connectivity index (χ0n) is 11.7. The Labute approximate surface area is 170 Å². The van der Waals surface area contributed by atoms with Crippen LogP contribution in [0.5, 0.6) is 0 Å². The summed E-state index contributed by atoms with van der Waals surface area (Å²) in [4.78, 5) is 32.6. The fourth-order valence-corrected chi connectivity index (χ4v) is 1.53. The fourth-order valence-electron chi connectivity index (χ4n) is 1.53. The summed E-state index contributed by atoms with van der Waals surface area (Å²) >= 11 is 0. The van der Waals surface area contributed by atoms with Gasteiger partial charge in [-0.2, -0.15) is 0 Å². The van der Waals surface area contributed by atoms with Gasteiger partial charge in [0, 0.05) is 6.61 Å². The van der Waals surface area contributed by atoms with Gasteiger partial charge in [0.25, 0.3) is 0 Å². The van der Waals surface area contributed by atoms with Gasteiger partial charge in [0.1, 0.15) is 0 Å². The summed E-state index contributed by atoms with van der Waals surface area (Å²) in [6.07, 6.45) is -1.90. The summed E-state index contributed by atoms with van der Waals surface area (Å²) in [7, 11) is 0. The molecular formula is C12H21KO9. The molecule has 0 heterocycles. The minimum atomic E-state index is -2.30. The molecule has 10 heteroatoms. The average Bonchev–Trinajstić information content (AvgIpc) is 2.35. The molecule has 0 aromatic heterocycles. The van der Waals surface area contributed by atoms with Gasteiger partial charge in [0.05, 0.1) is 39.3 Å². The van der Waals surface area contributed by atoms with Crippen LogP contribution in [-0.4, -0.2) is 123 Å². The number of aliphatic carboxylic acids is 3. The number of carboxylic acids is 3. The van der Waals surface area contributed by atoms with Crippen molar-refractivity contribution in [1.82, 2.24) is 0 Å². The zero-order valence-corrected chi connectivity index (χ0v) is 11.7. The van der Waals surface area contributed by atoms with Gasteiger partial charge in [-0.1, -0.05) is 0 Å². The molecule has 0 radical (unpaired) electrons. The van der Waals surface area contributed by atoms with Crippen molar-refractivity contribution in [3.63, 3.8) is 0 Å². The number of carboxylic acid groups (broad SMARTS) is 3. The first-order chi connectivity index (χ1) is 9.84. The molecule has 0 aliphatic carbocycles. The van der Waals surface area contributed by atoms with Gasteiger partial charge in [0.2, 0.25) is 0 Å². The van der Waals surface area contributed by atoms with Crippen LogP contribution in [0.15, 0.2) is 0 Å². The quantitative estimate of drug-likeness (QED) is 0.288. The van der Waals surface area contributed by atoms with E-state index in [0.29, 0.717) is 13.2 Å². The van der Waals surface area contributed by atoms with Crippen LogP contribution in [0.1, 0.15) is 19.8 Å². The van der Waals surface area contributed by atoms with Gasteiger partial charge in [0.15, 0.2) is 5.60 Å². The summed E-state index contributed by atoms with van der Waals surface area (Å²) in [5.74, 6) is -4.56. The fraction of sp³-hybridized carbons (Fsp3) is 0.750. The summed E-state index contributed by atoms with van der Waals surface area (Å²) in [5.41, 5.74) is -2.30. The van der Waals surface area contributed by atoms with Crippen LogP contribution >= 0.6 is 0 Å². The van der Waals surface area contributed by atoms with E-state index in [1.807, 2.05) is 6.92 Å². The van der Waals surface area contributed by atoms with Crippen molar-refractivity contribution in [2.45, 2.75) is 25.4 Å². The van der Waals surface area contributed by atoms with Crippen LogP contribution in [0.3, 0.4) is 0 Å². The molecule has 9 nitrogen and oxygen atoms in total. The topological polar surface area (TPSA) is 140 Å². The van der Waals surface area contributed by atoms with Crippen LogP contribution in [0.4, 0.5) is 0 Å². The number of hydrogen-bond acceptors (Lipinski definition) is 6. The van der Waals surface area contributed by atoms with Gasteiger partial charge in [-0.25, -0.2) is 4.79 Å². The summed E-state index contributed by atoms with van der Waals surface area (Å²) in [5, 5.41) is 26.5. The summed E-state index contributed by atoms with van der Waals surface area (Å²) in [6, 6.07) is 0. The first-order valence-corrected chi connectivity index (χ1v) is 6.30. The Morgan fingerprint density at radius 2 is 1.32 bits per heavy atom.